The highest BCUT2D eigenvalue weighted by Crippen LogP contribution is 2.27. The molecule has 0 radical (unpaired) electrons. The first kappa shape index (κ1) is 14.0. The van der Waals surface area contributed by atoms with Gasteiger partial charge in [-0.3, -0.25) is 0 Å². The van der Waals surface area contributed by atoms with E-state index in [4.69, 9.17) is 19.7 Å². The molecular formula is C15H19N3O3. The van der Waals surface area contributed by atoms with Crippen LogP contribution in [-0.2, 0) is 11.3 Å². The third-order valence-corrected chi connectivity index (χ3v) is 3.65. The van der Waals surface area contributed by atoms with E-state index in [2.05, 4.69) is 10.1 Å². The van der Waals surface area contributed by atoms with Gasteiger partial charge in [0.15, 0.2) is 6.61 Å². The van der Waals surface area contributed by atoms with Crippen molar-refractivity contribution in [3.8, 4) is 5.75 Å². The van der Waals surface area contributed by atoms with Crippen LogP contribution in [-0.4, -0.2) is 23.4 Å². The Balaban J connectivity index is 1.58. The first-order chi connectivity index (χ1) is 10.3. The highest BCUT2D eigenvalue weighted by atomic mass is 16.5. The zero-order chi connectivity index (χ0) is 14.5. The fraction of sp³-hybridized carbons (Fsp3) is 0.467. The van der Waals surface area contributed by atoms with Gasteiger partial charge in [-0.2, -0.15) is 4.98 Å². The van der Waals surface area contributed by atoms with Crippen LogP contribution in [0.5, 0.6) is 5.75 Å². The molecule has 0 unspecified atom stereocenters. The van der Waals surface area contributed by atoms with Crippen LogP contribution in [0.4, 0.5) is 0 Å². The van der Waals surface area contributed by atoms with Crippen molar-refractivity contribution in [2.24, 2.45) is 11.7 Å². The van der Waals surface area contributed by atoms with E-state index in [1.54, 1.807) is 0 Å². The van der Waals surface area contributed by atoms with Crippen molar-refractivity contribution in [3.05, 3.63) is 42.0 Å². The average molecular weight is 289 g/mol. The van der Waals surface area contributed by atoms with Crippen LogP contribution in [0.3, 0.4) is 0 Å². The maximum atomic E-state index is 6.20. The molecule has 1 aromatic heterocycles. The van der Waals surface area contributed by atoms with Gasteiger partial charge in [-0.15, -0.1) is 0 Å². The quantitative estimate of drug-likeness (QED) is 0.907. The van der Waals surface area contributed by atoms with Crippen molar-refractivity contribution in [3.63, 3.8) is 0 Å². The van der Waals surface area contributed by atoms with Crippen molar-refractivity contribution in [2.75, 3.05) is 13.2 Å². The number of rotatable bonds is 5. The van der Waals surface area contributed by atoms with E-state index >= 15 is 0 Å². The van der Waals surface area contributed by atoms with Crippen molar-refractivity contribution in [2.45, 2.75) is 25.5 Å². The van der Waals surface area contributed by atoms with E-state index in [1.807, 2.05) is 30.3 Å². The smallest absolute Gasteiger partial charge is 0.243 e. The number of aromatic nitrogens is 2. The van der Waals surface area contributed by atoms with E-state index in [-0.39, 0.29) is 12.6 Å². The molecule has 0 saturated carbocycles. The van der Waals surface area contributed by atoms with Crippen molar-refractivity contribution < 1.29 is 14.0 Å². The fourth-order valence-corrected chi connectivity index (χ4v) is 2.40. The van der Waals surface area contributed by atoms with Gasteiger partial charge in [0.05, 0.1) is 6.04 Å². The van der Waals surface area contributed by atoms with Crippen molar-refractivity contribution in [1.82, 2.24) is 10.1 Å². The molecule has 1 saturated heterocycles. The molecule has 6 heteroatoms. The summed E-state index contributed by atoms with van der Waals surface area (Å²) in [6.07, 6.45) is 1.86. The summed E-state index contributed by atoms with van der Waals surface area (Å²) in [4.78, 5) is 4.33. The second kappa shape index (κ2) is 6.69. The monoisotopic (exact) mass is 289 g/mol. The molecule has 112 valence electrons. The lowest BCUT2D eigenvalue weighted by atomic mass is 9.92. The third kappa shape index (κ3) is 3.59. The zero-order valence-corrected chi connectivity index (χ0v) is 11.8. The topological polar surface area (TPSA) is 83.4 Å². The summed E-state index contributed by atoms with van der Waals surface area (Å²) in [6, 6.07) is 9.30. The van der Waals surface area contributed by atoms with Crippen LogP contribution in [0, 0.1) is 5.92 Å². The highest BCUT2D eigenvalue weighted by Gasteiger charge is 2.26. The van der Waals surface area contributed by atoms with E-state index < -0.39 is 0 Å². The number of nitrogens with two attached hydrogens (primary N) is 1. The summed E-state index contributed by atoms with van der Waals surface area (Å²) in [5, 5.41) is 3.92. The molecule has 1 aromatic carbocycles. The Hall–Kier alpha value is -1.92. The SMILES string of the molecule is N[C@@H](c1nc(COc2ccccc2)no1)C1CCOCC1. The Labute approximate surface area is 123 Å². The molecule has 2 N–H and O–H groups in total. The Kier molecular flexibility index (Phi) is 4.47. The van der Waals surface area contributed by atoms with Gasteiger partial charge in [0.25, 0.3) is 0 Å². The lowest BCUT2D eigenvalue weighted by Gasteiger charge is -2.25. The van der Waals surface area contributed by atoms with Crippen molar-refractivity contribution in [1.29, 1.82) is 0 Å². The third-order valence-electron chi connectivity index (χ3n) is 3.65. The number of hydrogen-bond donors (Lipinski definition) is 1. The van der Waals surface area contributed by atoms with Gasteiger partial charge in [0.2, 0.25) is 11.7 Å². The van der Waals surface area contributed by atoms with Gasteiger partial charge in [-0.25, -0.2) is 0 Å². The minimum Gasteiger partial charge on any atom is -0.485 e. The number of para-hydroxylation sites is 1. The van der Waals surface area contributed by atoms with Crippen LogP contribution in [0.1, 0.15) is 30.6 Å². The number of benzene rings is 1. The van der Waals surface area contributed by atoms with Gasteiger partial charge >= 0.3 is 0 Å². The number of ether oxygens (including phenoxy) is 2. The van der Waals surface area contributed by atoms with Crippen LogP contribution in [0.2, 0.25) is 0 Å². The Morgan fingerprint density at radius 2 is 2.00 bits per heavy atom. The van der Waals surface area contributed by atoms with E-state index in [0.29, 0.717) is 17.6 Å². The normalized spacial score (nSPS) is 17.6. The predicted octanol–water partition coefficient (Wildman–Crippen LogP) is 2.08. The van der Waals surface area contributed by atoms with Crippen LogP contribution in [0.25, 0.3) is 0 Å². The average Bonchev–Trinajstić information content (AvgIpc) is 3.03. The minimum atomic E-state index is -0.230. The summed E-state index contributed by atoms with van der Waals surface area (Å²) in [5.41, 5.74) is 6.20. The number of hydrogen-bond acceptors (Lipinski definition) is 6. The molecular weight excluding hydrogens is 270 g/mol. The summed E-state index contributed by atoms with van der Waals surface area (Å²) in [5.74, 6) is 2.10. The molecule has 2 heterocycles. The molecule has 0 bridgehead atoms. The molecule has 1 aliphatic rings. The maximum absolute atomic E-state index is 6.20. The van der Waals surface area contributed by atoms with Gasteiger partial charge in [0, 0.05) is 13.2 Å². The molecule has 1 aliphatic heterocycles. The Bertz CT molecular complexity index is 552. The molecule has 3 rings (SSSR count). The summed E-state index contributed by atoms with van der Waals surface area (Å²) in [7, 11) is 0. The molecule has 0 amide bonds. The molecule has 6 nitrogen and oxygen atoms in total. The van der Waals surface area contributed by atoms with Gasteiger partial charge in [-0.05, 0) is 30.9 Å². The standard InChI is InChI=1S/C15H19N3O3/c16-14(11-6-8-19-9-7-11)15-17-13(18-21-15)10-20-12-4-2-1-3-5-12/h1-5,11,14H,6-10,16H2/t14-/m1/s1. The molecule has 1 atom stereocenters. The van der Waals surface area contributed by atoms with Crippen LogP contribution < -0.4 is 10.5 Å². The van der Waals surface area contributed by atoms with Gasteiger partial charge in [-0.1, -0.05) is 23.4 Å². The predicted molar refractivity (Wildman–Crippen MR) is 75.5 cm³/mol. The summed E-state index contributed by atoms with van der Waals surface area (Å²) in [6.45, 7) is 1.76. The van der Waals surface area contributed by atoms with Crippen LogP contribution >= 0.6 is 0 Å². The van der Waals surface area contributed by atoms with E-state index in [1.165, 1.54) is 0 Å². The number of nitrogens with zero attached hydrogens (tertiary/aromatic N) is 2. The Morgan fingerprint density at radius 1 is 1.24 bits per heavy atom. The second-order valence-electron chi connectivity index (χ2n) is 5.13. The molecule has 2 aromatic rings. The highest BCUT2D eigenvalue weighted by molar-refractivity contribution is 5.20. The van der Waals surface area contributed by atoms with Crippen LogP contribution in [0.15, 0.2) is 34.9 Å². The van der Waals surface area contributed by atoms with Gasteiger partial charge in [0.1, 0.15) is 5.75 Å². The molecule has 21 heavy (non-hydrogen) atoms. The molecule has 1 fully saturated rings. The van der Waals surface area contributed by atoms with E-state index in [0.717, 1.165) is 31.8 Å². The van der Waals surface area contributed by atoms with Gasteiger partial charge < -0.3 is 19.7 Å². The van der Waals surface area contributed by atoms with E-state index in [9.17, 15) is 0 Å². The molecule has 0 aliphatic carbocycles. The second-order valence-corrected chi connectivity index (χ2v) is 5.13. The largest absolute Gasteiger partial charge is 0.485 e. The first-order valence-corrected chi connectivity index (χ1v) is 7.16. The summed E-state index contributed by atoms with van der Waals surface area (Å²) >= 11 is 0. The van der Waals surface area contributed by atoms with Crippen molar-refractivity contribution >= 4 is 0 Å². The lowest BCUT2D eigenvalue weighted by molar-refractivity contribution is 0.0546. The zero-order valence-electron chi connectivity index (χ0n) is 11.8. The summed E-state index contributed by atoms with van der Waals surface area (Å²) < 4.78 is 16.2. The molecule has 0 spiro atoms. The minimum absolute atomic E-state index is 0.230. The lowest BCUT2D eigenvalue weighted by Crippen LogP contribution is -2.27. The maximum Gasteiger partial charge on any atom is 0.243 e. The fourth-order valence-electron chi connectivity index (χ4n) is 2.40. The Morgan fingerprint density at radius 3 is 2.76 bits per heavy atom. The first-order valence-electron chi connectivity index (χ1n) is 7.16.